The highest BCUT2D eigenvalue weighted by Crippen LogP contribution is 2.53. The zero-order chi connectivity index (χ0) is 7.42. The predicted octanol–water partition coefficient (Wildman–Crippen LogP) is 0.0518. The summed E-state index contributed by atoms with van der Waals surface area (Å²) in [5.41, 5.74) is 0. The van der Waals surface area contributed by atoms with Crippen molar-refractivity contribution in [2.24, 2.45) is 23.7 Å². The van der Waals surface area contributed by atoms with Crippen molar-refractivity contribution >= 4 is 5.97 Å². The van der Waals surface area contributed by atoms with Gasteiger partial charge in [0.15, 0.2) is 0 Å². The van der Waals surface area contributed by atoms with Crippen LogP contribution < -0.4 is 0 Å². The fraction of sp³-hybridized carbons (Fsp3) is 0.875. The maximum Gasteiger partial charge on any atom is 0.309 e. The van der Waals surface area contributed by atoms with Crippen LogP contribution in [0.3, 0.4) is 0 Å². The molecule has 1 aliphatic carbocycles. The van der Waals surface area contributed by atoms with Crippen molar-refractivity contribution in [2.75, 3.05) is 19.8 Å². The number of carbonyl (C=O) groups is 1. The van der Waals surface area contributed by atoms with Crippen LogP contribution in [0.5, 0.6) is 0 Å². The van der Waals surface area contributed by atoms with Crippen LogP contribution in [0.1, 0.15) is 0 Å². The lowest BCUT2D eigenvalue weighted by Crippen LogP contribution is -2.46. The standard InChI is InChI=1S/C8H10O3/c9-8-7-5-2-10-1-4(5)6(7)3-11-8/h4-7H,1-3H2. The van der Waals surface area contributed by atoms with E-state index in [1.165, 1.54) is 0 Å². The van der Waals surface area contributed by atoms with Crippen molar-refractivity contribution in [1.82, 2.24) is 0 Å². The molecule has 0 N–H and O–H groups in total. The summed E-state index contributed by atoms with van der Waals surface area (Å²) in [6.07, 6.45) is 0. The molecule has 4 atom stereocenters. The smallest absolute Gasteiger partial charge is 0.309 e. The molecule has 11 heavy (non-hydrogen) atoms. The maximum atomic E-state index is 11.1. The van der Waals surface area contributed by atoms with Crippen LogP contribution in [0.15, 0.2) is 0 Å². The normalized spacial score (nSPS) is 52.9. The Morgan fingerprint density at radius 1 is 1.09 bits per heavy atom. The Kier molecular flexibility index (Phi) is 0.969. The Morgan fingerprint density at radius 3 is 2.73 bits per heavy atom. The third-order valence-electron chi connectivity index (χ3n) is 3.33. The van der Waals surface area contributed by atoms with Crippen LogP contribution in [0.25, 0.3) is 0 Å². The Morgan fingerprint density at radius 2 is 1.82 bits per heavy atom. The van der Waals surface area contributed by atoms with Gasteiger partial charge in [0.2, 0.25) is 0 Å². The average molecular weight is 154 g/mol. The number of cyclic esters (lactones) is 1. The van der Waals surface area contributed by atoms with Crippen LogP contribution in [0.4, 0.5) is 0 Å². The molecule has 3 heteroatoms. The molecule has 0 aromatic heterocycles. The minimum absolute atomic E-state index is 0.0155. The second kappa shape index (κ2) is 1.78. The van der Waals surface area contributed by atoms with Gasteiger partial charge in [-0.3, -0.25) is 4.79 Å². The Labute approximate surface area is 64.7 Å². The van der Waals surface area contributed by atoms with Gasteiger partial charge in [-0.05, 0) is 5.92 Å². The summed E-state index contributed by atoms with van der Waals surface area (Å²) in [6, 6.07) is 0. The maximum absolute atomic E-state index is 11.1. The van der Waals surface area contributed by atoms with Crippen LogP contribution in [0, 0.1) is 23.7 Å². The molecule has 3 fully saturated rings. The summed E-state index contributed by atoms with van der Waals surface area (Å²) in [6.45, 7) is 2.28. The molecule has 0 aromatic rings. The second-order valence-corrected chi connectivity index (χ2v) is 3.68. The van der Waals surface area contributed by atoms with Crippen LogP contribution in [-0.4, -0.2) is 25.8 Å². The predicted molar refractivity (Wildman–Crippen MR) is 35.7 cm³/mol. The molecule has 2 aliphatic heterocycles. The fourth-order valence-corrected chi connectivity index (χ4v) is 2.69. The van der Waals surface area contributed by atoms with Gasteiger partial charge >= 0.3 is 5.97 Å². The van der Waals surface area contributed by atoms with E-state index in [1.807, 2.05) is 0 Å². The summed E-state index contributed by atoms with van der Waals surface area (Å²) in [5.74, 6) is 1.83. The van der Waals surface area contributed by atoms with Gasteiger partial charge in [0, 0.05) is 11.8 Å². The molecule has 60 valence electrons. The monoisotopic (exact) mass is 154 g/mol. The van der Waals surface area contributed by atoms with E-state index in [0.717, 1.165) is 13.2 Å². The first-order chi connectivity index (χ1) is 5.38. The summed E-state index contributed by atoms with van der Waals surface area (Å²) in [7, 11) is 0. The molecule has 0 aromatic carbocycles. The van der Waals surface area contributed by atoms with E-state index < -0.39 is 0 Å². The van der Waals surface area contributed by atoms with Crippen molar-refractivity contribution in [3.05, 3.63) is 0 Å². The topological polar surface area (TPSA) is 35.5 Å². The van der Waals surface area contributed by atoms with Crippen LogP contribution >= 0.6 is 0 Å². The summed E-state index contributed by atoms with van der Waals surface area (Å²) < 4.78 is 10.3. The molecule has 4 unspecified atom stereocenters. The first-order valence-electron chi connectivity index (χ1n) is 4.12. The van der Waals surface area contributed by atoms with Crippen LogP contribution in [0.2, 0.25) is 0 Å². The summed E-state index contributed by atoms with van der Waals surface area (Å²) in [4.78, 5) is 11.1. The van der Waals surface area contributed by atoms with Gasteiger partial charge in [0.1, 0.15) is 0 Å². The Hall–Kier alpha value is -0.570. The number of fused-ring (bicyclic) bond motifs is 4. The number of hydrogen-bond acceptors (Lipinski definition) is 3. The number of hydrogen-bond donors (Lipinski definition) is 0. The number of carbonyl (C=O) groups excluding carboxylic acids is 1. The van der Waals surface area contributed by atoms with Gasteiger partial charge in [-0.2, -0.15) is 0 Å². The van der Waals surface area contributed by atoms with E-state index in [-0.39, 0.29) is 11.9 Å². The van der Waals surface area contributed by atoms with Gasteiger partial charge in [0.05, 0.1) is 25.7 Å². The van der Waals surface area contributed by atoms with Gasteiger partial charge in [-0.1, -0.05) is 0 Å². The third-order valence-corrected chi connectivity index (χ3v) is 3.33. The van der Waals surface area contributed by atoms with Gasteiger partial charge in [-0.25, -0.2) is 0 Å². The lowest BCUT2D eigenvalue weighted by molar-refractivity contribution is -0.144. The highest BCUT2D eigenvalue weighted by Gasteiger charge is 2.60. The zero-order valence-electron chi connectivity index (χ0n) is 6.16. The SMILES string of the molecule is O=C1OCC2C3COCC3C12. The molecule has 3 rings (SSSR count). The van der Waals surface area contributed by atoms with Gasteiger partial charge in [-0.15, -0.1) is 0 Å². The van der Waals surface area contributed by atoms with Crippen molar-refractivity contribution in [1.29, 1.82) is 0 Å². The molecule has 0 radical (unpaired) electrons. The fourth-order valence-electron chi connectivity index (χ4n) is 2.69. The molecular weight excluding hydrogens is 144 g/mol. The minimum Gasteiger partial charge on any atom is -0.465 e. The molecule has 0 spiro atoms. The second-order valence-electron chi connectivity index (χ2n) is 3.68. The van der Waals surface area contributed by atoms with E-state index in [9.17, 15) is 4.79 Å². The number of ether oxygens (including phenoxy) is 2. The molecule has 1 saturated carbocycles. The minimum atomic E-state index is 0.0155. The summed E-state index contributed by atoms with van der Waals surface area (Å²) in [5, 5.41) is 0. The molecule has 3 aliphatic rings. The first kappa shape index (κ1) is 6.00. The van der Waals surface area contributed by atoms with Crippen molar-refractivity contribution in [2.45, 2.75) is 0 Å². The lowest BCUT2D eigenvalue weighted by Gasteiger charge is -2.39. The molecule has 0 bridgehead atoms. The molecule has 3 nitrogen and oxygen atoms in total. The van der Waals surface area contributed by atoms with E-state index in [4.69, 9.17) is 9.47 Å². The van der Waals surface area contributed by atoms with E-state index in [1.54, 1.807) is 0 Å². The third kappa shape index (κ3) is 0.562. The molecule has 0 amide bonds. The highest BCUT2D eigenvalue weighted by atomic mass is 16.5. The lowest BCUT2D eigenvalue weighted by atomic mass is 9.60. The van der Waals surface area contributed by atoms with E-state index >= 15 is 0 Å². The van der Waals surface area contributed by atoms with E-state index in [2.05, 4.69) is 0 Å². The summed E-state index contributed by atoms with van der Waals surface area (Å²) >= 11 is 0. The van der Waals surface area contributed by atoms with E-state index in [0.29, 0.717) is 24.4 Å². The van der Waals surface area contributed by atoms with Gasteiger partial charge in [0.25, 0.3) is 0 Å². The molecular formula is C8H10O3. The number of rotatable bonds is 0. The molecule has 2 saturated heterocycles. The van der Waals surface area contributed by atoms with Gasteiger partial charge < -0.3 is 9.47 Å². The largest absolute Gasteiger partial charge is 0.465 e. The average Bonchev–Trinajstić information content (AvgIpc) is 2.43. The van der Waals surface area contributed by atoms with Crippen molar-refractivity contribution in [3.8, 4) is 0 Å². The quantitative estimate of drug-likeness (QED) is 0.462. The first-order valence-corrected chi connectivity index (χ1v) is 4.12. The van der Waals surface area contributed by atoms with Crippen molar-refractivity contribution < 1.29 is 14.3 Å². The highest BCUT2D eigenvalue weighted by molar-refractivity contribution is 5.76. The van der Waals surface area contributed by atoms with Crippen molar-refractivity contribution in [3.63, 3.8) is 0 Å². The Balaban J connectivity index is 1.89. The zero-order valence-corrected chi connectivity index (χ0v) is 6.16. The Bertz CT molecular complexity index is 207. The van der Waals surface area contributed by atoms with Crippen LogP contribution in [-0.2, 0) is 14.3 Å². The number of esters is 1. The molecule has 2 heterocycles.